The molecule has 112 valence electrons. The number of halogens is 3. The van der Waals surface area contributed by atoms with Crippen molar-refractivity contribution in [1.82, 2.24) is 0 Å². The lowest BCUT2D eigenvalue weighted by molar-refractivity contribution is -0.137. The molecule has 0 heterocycles. The van der Waals surface area contributed by atoms with E-state index in [9.17, 15) is 18.3 Å². The van der Waals surface area contributed by atoms with Crippen LogP contribution in [0, 0.1) is 0 Å². The Labute approximate surface area is 120 Å². The van der Waals surface area contributed by atoms with Crippen molar-refractivity contribution in [3.63, 3.8) is 0 Å². The van der Waals surface area contributed by atoms with Crippen molar-refractivity contribution in [3.05, 3.63) is 65.2 Å². The molecule has 0 saturated carbocycles. The first-order chi connectivity index (χ1) is 9.91. The number of alkyl halides is 3. The average molecular weight is 296 g/mol. The Morgan fingerprint density at radius 2 is 1.71 bits per heavy atom. The summed E-state index contributed by atoms with van der Waals surface area (Å²) >= 11 is 0. The molecule has 0 fully saturated rings. The van der Waals surface area contributed by atoms with Gasteiger partial charge in [0.15, 0.2) is 0 Å². The summed E-state index contributed by atoms with van der Waals surface area (Å²) in [7, 11) is 0. The number of ether oxygens (including phenoxy) is 1. The van der Waals surface area contributed by atoms with Gasteiger partial charge in [0.1, 0.15) is 11.9 Å². The molecule has 0 aliphatic rings. The molecule has 0 aliphatic heterocycles. The van der Waals surface area contributed by atoms with E-state index in [0.29, 0.717) is 17.9 Å². The van der Waals surface area contributed by atoms with Crippen LogP contribution in [0.5, 0.6) is 5.75 Å². The second-order valence-corrected chi connectivity index (χ2v) is 4.53. The Bertz CT molecular complexity index is 591. The quantitative estimate of drug-likeness (QED) is 0.917. The third-order valence-corrected chi connectivity index (χ3v) is 3.04. The highest BCUT2D eigenvalue weighted by Gasteiger charge is 2.30. The highest BCUT2D eigenvalue weighted by molar-refractivity contribution is 5.36. The van der Waals surface area contributed by atoms with E-state index in [2.05, 4.69) is 0 Å². The Kier molecular flexibility index (Phi) is 4.53. The number of rotatable bonds is 4. The first-order valence-corrected chi connectivity index (χ1v) is 6.50. The fraction of sp³-hybridized carbons (Fsp3) is 0.250. The number of aliphatic hydroxyl groups is 1. The van der Waals surface area contributed by atoms with Crippen LogP contribution in [0.4, 0.5) is 13.2 Å². The van der Waals surface area contributed by atoms with Crippen LogP contribution in [-0.4, -0.2) is 11.7 Å². The highest BCUT2D eigenvalue weighted by atomic mass is 19.4. The fourth-order valence-electron chi connectivity index (χ4n) is 1.99. The predicted octanol–water partition coefficient (Wildman–Crippen LogP) is 4.19. The molecule has 0 radical (unpaired) electrons. The summed E-state index contributed by atoms with van der Waals surface area (Å²) in [5, 5.41) is 10.2. The van der Waals surface area contributed by atoms with E-state index in [1.807, 2.05) is 6.92 Å². The SMILES string of the molecule is CCOc1ccc(C(O)c2cccc(C(F)(F)F)c2)cc1. The monoisotopic (exact) mass is 296 g/mol. The van der Waals surface area contributed by atoms with E-state index in [-0.39, 0.29) is 5.56 Å². The molecule has 0 spiro atoms. The fourth-order valence-corrected chi connectivity index (χ4v) is 1.99. The smallest absolute Gasteiger partial charge is 0.416 e. The van der Waals surface area contributed by atoms with E-state index in [0.717, 1.165) is 12.1 Å². The number of hydrogen-bond acceptors (Lipinski definition) is 2. The van der Waals surface area contributed by atoms with Crippen molar-refractivity contribution in [2.75, 3.05) is 6.61 Å². The standard InChI is InChI=1S/C16H15F3O2/c1-2-21-14-8-6-11(7-9-14)15(20)12-4-3-5-13(10-12)16(17,18)19/h3-10,15,20H,2H2,1H3. The maximum absolute atomic E-state index is 12.7. The summed E-state index contributed by atoms with van der Waals surface area (Å²) in [6.07, 6.45) is -5.53. The average Bonchev–Trinajstić information content (AvgIpc) is 2.47. The molecule has 1 N–H and O–H groups in total. The van der Waals surface area contributed by atoms with Gasteiger partial charge in [-0.1, -0.05) is 24.3 Å². The molecule has 0 aliphatic carbocycles. The summed E-state index contributed by atoms with van der Waals surface area (Å²) in [5.74, 6) is 0.650. The van der Waals surface area contributed by atoms with Crippen molar-refractivity contribution in [3.8, 4) is 5.75 Å². The minimum atomic E-state index is -4.42. The van der Waals surface area contributed by atoms with Gasteiger partial charge in [-0.15, -0.1) is 0 Å². The molecule has 0 saturated heterocycles. The van der Waals surface area contributed by atoms with Gasteiger partial charge >= 0.3 is 6.18 Å². The third-order valence-electron chi connectivity index (χ3n) is 3.04. The van der Waals surface area contributed by atoms with Crippen LogP contribution in [-0.2, 0) is 6.18 Å². The van der Waals surface area contributed by atoms with Gasteiger partial charge < -0.3 is 9.84 Å². The molecule has 0 aromatic heterocycles. The van der Waals surface area contributed by atoms with Crippen LogP contribution in [0.1, 0.15) is 29.7 Å². The third kappa shape index (κ3) is 3.76. The second kappa shape index (κ2) is 6.18. The maximum Gasteiger partial charge on any atom is 0.416 e. The molecule has 0 bridgehead atoms. The maximum atomic E-state index is 12.7. The van der Waals surface area contributed by atoms with Gasteiger partial charge in [0.05, 0.1) is 12.2 Å². The van der Waals surface area contributed by atoms with Crippen LogP contribution in [0.25, 0.3) is 0 Å². The predicted molar refractivity (Wildman–Crippen MR) is 73.1 cm³/mol. The van der Waals surface area contributed by atoms with Gasteiger partial charge in [-0.2, -0.15) is 13.2 Å². The van der Waals surface area contributed by atoms with Crippen molar-refractivity contribution < 1.29 is 23.0 Å². The lowest BCUT2D eigenvalue weighted by atomic mass is 9.99. The van der Waals surface area contributed by atoms with Crippen LogP contribution in [0.15, 0.2) is 48.5 Å². The molecule has 2 aromatic rings. The molecule has 2 aromatic carbocycles. The molecular weight excluding hydrogens is 281 g/mol. The first kappa shape index (κ1) is 15.4. The highest BCUT2D eigenvalue weighted by Crippen LogP contribution is 2.32. The molecule has 0 amide bonds. The van der Waals surface area contributed by atoms with E-state index in [4.69, 9.17) is 4.74 Å². The van der Waals surface area contributed by atoms with Gasteiger partial charge in [0.25, 0.3) is 0 Å². The van der Waals surface area contributed by atoms with E-state index >= 15 is 0 Å². The topological polar surface area (TPSA) is 29.5 Å². The number of benzene rings is 2. The lowest BCUT2D eigenvalue weighted by Crippen LogP contribution is -2.07. The van der Waals surface area contributed by atoms with Crippen molar-refractivity contribution in [2.24, 2.45) is 0 Å². The molecule has 2 nitrogen and oxygen atoms in total. The van der Waals surface area contributed by atoms with Gasteiger partial charge in [-0.25, -0.2) is 0 Å². The minimum Gasteiger partial charge on any atom is -0.494 e. The minimum absolute atomic E-state index is 0.203. The normalized spacial score (nSPS) is 13.0. The number of aliphatic hydroxyl groups excluding tert-OH is 1. The van der Waals surface area contributed by atoms with Crippen LogP contribution >= 0.6 is 0 Å². The lowest BCUT2D eigenvalue weighted by Gasteiger charge is -2.14. The Morgan fingerprint density at radius 3 is 2.29 bits per heavy atom. The Morgan fingerprint density at radius 1 is 1.05 bits per heavy atom. The summed E-state index contributed by atoms with van der Waals surface area (Å²) < 4.78 is 43.3. The first-order valence-electron chi connectivity index (χ1n) is 6.50. The molecule has 2 rings (SSSR count). The summed E-state index contributed by atoms with van der Waals surface area (Å²) in [6, 6.07) is 11.3. The molecule has 1 atom stereocenters. The van der Waals surface area contributed by atoms with Gasteiger partial charge in [-0.3, -0.25) is 0 Å². The van der Waals surface area contributed by atoms with Gasteiger partial charge in [0.2, 0.25) is 0 Å². The zero-order chi connectivity index (χ0) is 15.5. The van der Waals surface area contributed by atoms with E-state index < -0.39 is 17.8 Å². The van der Waals surface area contributed by atoms with Crippen molar-refractivity contribution >= 4 is 0 Å². The Hall–Kier alpha value is -2.01. The van der Waals surface area contributed by atoms with Crippen LogP contribution in [0.3, 0.4) is 0 Å². The molecule has 5 heteroatoms. The summed E-state index contributed by atoms with van der Waals surface area (Å²) in [5.41, 5.74) is -0.0586. The van der Waals surface area contributed by atoms with Crippen LogP contribution < -0.4 is 4.74 Å². The second-order valence-electron chi connectivity index (χ2n) is 4.53. The van der Waals surface area contributed by atoms with Crippen molar-refractivity contribution in [2.45, 2.75) is 19.2 Å². The summed E-state index contributed by atoms with van der Waals surface area (Å²) in [4.78, 5) is 0. The Balaban J connectivity index is 2.25. The van der Waals surface area contributed by atoms with Crippen LogP contribution in [0.2, 0.25) is 0 Å². The number of hydrogen-bond donors (Lipinski definition) is 1. The van der Waals surface area contributed by atoms with Crippen molar-refractivity contribution in [1.29, 1.82) is 0 Å². The molecule has 1 unspecified atom stereocenters. The largest absolute Gasteiger partial charge is 0.494 e. The van der Waals surface area contributed by atoms with Gasteiger partial charge in [0, 0.05) is 0 Å². The molecule has 21 heavy (non-hydrogen) atoms. The van der Waals surface area contributed by atoms with E-state index in [1.54, 1.807) is 24.3 Å². The molecular formula is C16H15F3O2. The van der Waals surface area contributed by atoms with E-state index in [1.165, 1.54) is 12.1 Å². The summed E-state index contributed by atoms with van der Waals surface area (Å²) in [6.45, 7) is 2.38. The zero-order valence-corrected chi connectivity index (χ0v) is 11.4. The van der Waals surface area contributed by atoms with Gasteiger partial charge in [-0.05, 0) is 42.3 Å². The zero-order valence-electron chi connectivity index (χ0n) is 11.4.